The fourth-order valence-electron chi connectivity index (χ4n) is 9.89. The maximum absolute atomic E-state index is 10.8. The first-order chi connectivity index (χ1) is 14.1. The van der Waals surface area contributed by atoms with Gasteiger partial charge in [0.05, 0.1) is 6.10 Å². The van der Waals surface area contributed by atoms with Crippen LogP contribution in [0.5, 0.6) is 0 Å². The fraction of sp³-hybridized carbons (Fsp3) is 0.714. The number of hydrogen-bond acceptors (Lipinski definition) is 1. The molecule has 0 amide bonds. The lowest BCUT2D eigenvalue weighted by atomic mass is 9.35. The van der Waals surface area contributed by atoms with E-state index in [2.05, 4.69) is 64.0 Å². The number of H-pyrrole nitrogens is 1. The van der Waals surface area contributed by atoms with E-state index in [1.165, 1.54) is 49.4 Å². The zero-order valence-corrected chi connectivity index (χ0v) is 19.5. The Bertz CT molecular complexity index is 1020. The second-order valence-electron chi connectivity index (χ2n) is 12.8. The van der Waals surface area contributed by atoms with Gasteiger partial charge in [-0.25, -0.2) is 0 Å². The van der Waals surface area contributed by atoms with Crippen LogP contribution in [-0.2, 0) is 11.8 Å². The predicted octanol–water partition coefficient (Wildman–Crippen LogP) is 6.61. The highest BCUT2D eigenvalue weighted by Gasteiger charge is 2.66. The number of hydrogen-bond donors (Lipinski definition) is 2. The molecule has 1 aromatic carbocycles. The van der Waals surface area contributed by atoms with E-state index < -0.39 is 0 Å². The minimum atomic E-state index is -0.136. The highest BCUT2D eigenvalue weighted by atomic mass is 16.3. The fourth-order valence-corrected chi connectivity index (χ4v) is 9.89. The van der Waals surface area contributed by atoms with E-state index in [4.69, 9.17) is 0 Å². The molecule has 0 bridgehead atoms. The van der Waals surface area contributed by atoms with Gasteiger partial charge in [-0.3, -0.25) is 0 Å². The van der Waals surface area contributed by atoms with Crippen LogP contribution in [0.4, 0.5) is 0 Å². The van der Waals surface area contributed by atoms with Crippen LogP contribution in [-0.4, -0.2) is 16.2 Å². The van der Waals surface area contributed by atoms with Gasteiger partial charge in [0.25, 0.3) is 0 Å². The highest BCUT2D eigenvalue weighted by molar-refractivity contribution is 5.88. The van der Waals surface area contributed by atoms with Gasteiger partial charge in [0, 0.05) is 17.1 Å². The van der Waals surface area contributed by atoms with Crippen LogP contribution in [0.3, 0.4) is 0 Å². The van der Waals surface area contributed by atoms with Crippen molar-refractivity contribution in [2.24, 2.45) is 34.0 Å². The van der Waals surface area contributed by atoms with Crippen molar-refractivity contribution in [3.05, 3.63) is 35.5 Å². The molecule has 4 aliphatic carbocycles. The van der Waals surface area contributed by atoms with Gasteiger partial charge >= 0.3 is 0 Å². The molecule has 0 radical (unpaired) electrons. The molecule has 162 valence electrons. The molecule has 1 heterocycles. The van der Waals surface area contributed by atoms with Crippen LogP contribution in [0.25, 0.3) is 10.9 Å². The molecule has 0 unspecified atom stereocenters. The molecule has 30 heavy (non-hydrogen) atoms. The number of aromatic amines is 1. The van der Waals surface area contributed by atoms with E-state index in [0.717, 1.165) is 12.3 Å². The minimum absolute atomic E-state index is 0.0427. The summed E-state index contributed by atoms with van der Waals surface area (Å²) in [6, 6.07) is 6.95. The molecule has 2 heteroatoms. The van der Waals surface area contributed by atoms with Crippen LogP contribution in [0.1, 0.15) is 84.3 Å². The van der Waals surface area contributed by atoms with Crippen molar-refractivity contribution < 1.29 is 5.11 Å². The number of aliphatic hydroxyl groups excluding tert-OH is 1. The molecule has 6 rings (SSSR count). The van der Waals surface area contributed by atoms with Gasteiger partial charge in [-0.2, -0.15) is 0 Å². The first-order valence-electron chi connectivity index (χ1n) is 12.4. The number of benzene rings is 1. The lowest BCUT2D eigenvalue weighted by molar-refractivity contribution is -0.203. The third kappa shape index (κ3) is 2.10. The zero-order valence-electron chi connectivity index (χ0n) is 19.5. The number of aliphatic hydroxyl groups is 1. The van der Waals surface area contributed by atoms with E-state index in [1.54, 1.807) is 11.1 Å². The molecule has 2 N–H and O–H groups in total. The van der Waals surface area contributed by atoms with Crippen LogP contribution in [0.2, 0.25) is 0 Å². The van der Waals surface area contributed by atoms with Crippen molar-refractivity contribution in [3.8, 4) is 0 Å². The first-order valence-corrected chi connectivity index (χ1v) is 12.4. The molecule has 2 nitrogen and oxygen atoms in total. The quantitative estimate of drug-likeness (QED) is 0.508. The van der Waals surface area contributed by atoms with E-state index in [9.17, 15) is 5.11 Å². The van der Waals surface area contributed by atoms with E-state index in [1.807, 2.05) is 0 Å². The topological polar surface area (TPSA) is 36.0 Å². The van der Waals surface area contributed by atoms with Gasteiger partial charge in [0.1, 0.15) is 0 Å². The molecule has 7 atom stereocenters. The van der Waals surface area contributed by atoms with Crippen LogP contribution in [0.15, 0.2) is 24.4 Å². The number of nitrogens with one attached hydrogen (secondary N) is 1. The van der Waals surface area contributed by atoms with Gasteiger partial charge in [-0.1, -0.05) is 46.8 Å². The van der Waals surface area contributed by atoms with Crippen molar-refractivity contribution in [1.82, 2.24) is 4.98 Å². The summed E-state index contributed by atoms with van der Waals surface area (Å²) in [5.41, 5.74) is 5.56. The van der Waals surface area contributed by atoms with Crippen molar-refractivity contribution in [1.29, 1.82) is 0 Å². The maximum Gasteiger partial charge on any atom is 0.0594 e. The Labute approximate surface area is 181 Å². The van der Waals surface area contributed by atoms with E-state index in [0.29, 0.717) is 22.7 Å². The Morgan fingerprint density at radius 2 is 1.57 bits per heavy atom. The van der Waals surface area contributed by atoms with Crippen LogP contribution in [0, 0.1) is 34.0 Å². The summed E-state index contributed by atoms with van der Waals surface area (Å²) < 4.78 is 0. The molecule has 3 saturated carbocycles. The van der Waals surface area contributed by atoms with E-state index >= 15 is 0 Å². The predicted molar refractivity (Wildman–Crippen MR) is 124 cm³/mol. The molecule has 0 saturated heterocycles. The molecular weight excluding hydrogens is 366 g/mol. The average Bonchev–Trinajstić information content (AvgIpc) is 3.11. The molecule has 0 aliphatic heterocycles. The van der Waals surface area contributed by atoms with Crippen molar-refractivity contribution in [2.45, 2.75) is 91.1 Å². The number of fused-ring (bicyclic) bond motifs is 6. The second kappa shape index (κ2) is 5.74. The van der Waals surface area contributed by atoms with Crippen molar-refractivity contribution in [2.75, 3.05) is 0 Å². The lowest BCUT2D eigenvalue weighted by Crippen LogP contribution is -2.64. The lowest BCUT2D eigenvalue weighted by Gasteiger charge is -2.69. The summed E-state index contributed by atoms with van der Waals surface area (Å²) >= 11 is 0. The number of rotatable bonds is 0. The molecular formula is C28H39NO. The summed E-state index contributed by atoms with van der Waals surface area (Å²) in [6.07, 6.45) is 10.8. The Balaban J connectivity index is 1.47. The zero-order chi connectivity index (χ0) is 21.1. The Morgan fingerprint density at radius 1 is 0.867 bits per heavy atom. The third-order valence-electron chi connectivity index (χ3n) is 11.4. The average molecular weight is 406 g/mol. The summed E-state index contributed by atoms with van der Waals surface area (Å²) in [5, 5.41) is 12.4. The Hall–Kier alpha value is -1.28. The van der Waals surface area contributed by atoms with Crippen molar-refractivity contribution >= 4 is 10.9 Å². The SMILES string of the molecule is CC1(C)[C@@H](O)CC[C@]2(C)[C@H]3CC[C@]4(C)c5cccc6[nH]cc(c56)C[C@H]4[C@]3(C)CC[C@@H]12. The molecule has 2 aromatic rings. The van der Waals surface area contributed by atoms with Crippen LogP contribution < -0.4 is 0 Å². The first kappa shape index (κ1) is 19.4. The van der Waals surface area contributed by atoms with Gasteiger partial charge in [0.2, 0.25) is 0 Å². The summed E-state index contributed by atoms with van der Waals surface area (Å²) in [4.78, 5) is 3.57. The normalized spacial score (nSPS) is 46.7. The van der Waals surface area contributed by atoms with Gasteiger partial charge in [0.15, 0.2) is 0 Å². The Morgan fingerprint density at radius 3 is 2.37 bits per heavy atom. The molecule has 4 aliphatic rings. The standard InChI is InChI=1S/C28H39NO/c1-25(2)20-9-13-28(5)21(27(20,4)14-11-23(25)30)10-12-26(3)18-7-6-8-19-24(18)17(16-29-19)15-22(26)28/h6-8,16,20-23,29-30H,9-15H2,1-5H3/t20-,21+,22+,23-,26+,27-,28+/m0/s1. The highest BCUT2D eigenvalue weighted by Crippen LogP contribution is 2.72. The molecule has 1 aromatic heterocycles. The van der Waals surface area contributed by atoms with Gasteiger partial charge in [-0.15, -0.1) is 0 Å². The summed E-state index contributed by atoms with van der Waals surface area (Å²) in [7, 11) is 0. The molecule has 0 spiro atoms. The van der Waals surface area contributed by atoms with Gasteiger partial charge < -0.3 is 10.1 Å². The second-order valence-corrected chi connectivity index (χ2v) is 12.8. The smallest absolute Gasteiger partial charge is 0.0594 e. The summed E-state index contributed by atoms with van der Waals surface area (Å²) in [5.74, 6) is 2.13. The minimum Gasteiger partial charge on any atom is -0.393 e. The van der Waals surface area contributed by atoms with E-state index in [-0.39, 0.29) is 16.9 Å². The maximum atomic E-state index is 10.8. The third-order valence-corrected chi connectivity index (χ3v) is 11.4. The largest absolute Gasteiger partial charge is 0.393 e. The molecule has 3 fully saturated rings. The Kier molecular flexibility index (Phi) is 3.71. The van der Waals surface area contributed by atoms with Gasteiger partial charge in [-0.05, 0) is 102 Å². The van der Waals surface area contributed by atoms with Crippen molar-refractivity contribution in [3.63, 3.8) is 0 Å². The van der Waals surface area contributed by atoms with Crippen LogP contribution >= 0.6 is 0 Å². The monoisotopic (exact) mass is 405 g/mol. The number of aromatic nitrogens is 1. The summed E-state index contributed by atoms with van der Waals surface area (Å²) in [6.45, 7) is 12.6.